The predicted octanol–water partition coefficient (Wildman–Crippen LogP) is 12.3. The molecule has 0 N–H and O–H groups in total. The quantitative estimate of drug-likeness (QED) is 0.138. The van der Waals surface area contributed by atoms with E-state index in [1.807, 2.05) is 54.6 Å². The molecule has 4 heteroatoms. The summed E-state index contributed by atoms with van der Waals surface area (Å²) in [6.45, 7) is 20.3. The molecule has 0 fully saturated rings. The van der Waals surface area contributed by atoms with Gasteiger partial charge in [0.1, 0.15) is 0 Å². The summed E-state index contributed by atoms with van der Waals surface area (Å²) in [5.41, 5.74) is 12.9. The number of benzene rings is 4. The van der Waals surface area contributed by atoms with E-state index in [0.29, 0.717) is 0 Å². The molecule has 2 aliphatic carbocycles. The van der Waals surface area contributed by atoms with Gasteiger partial charge in [-0.05, 0) is 35.4 Å². The molecule has 0 radical (unpaired) electrons. The van der Waals surface area contributed by atoms with E-state index in [2.05, 4.69) is 115 Å². The second kappa shape index (κ2) is 21.1. The third kappa shape index (κ3) is 14.0. The normalized spacial score (nSPS) is 11.6. The first-order chi connectivity index (χ1) is 20.8. The first-order valence-corrected chi connectivity index (χ1v) is 17.2. The molecule has 4 aromatic carbocycles. The zero-order valence-electron chi connectivity index (χ0n) is 28.9. The van der Waals surface area contributed by atoms with E-state index in [-0.39, 0.29) is 35.6 Å². The van der Waals surface area contributed by atoms with Crippen molar-refractivity contribution in [2.45, 2.75) is 86.0 Å². The SMILES string of the molecule is Cc1[c-]c2c(cc1C(C)(C)C)-c1cc(C(C)(C)C)c(C)cc1C2.Cc1cc[c-]cc1.Cl.Cl.Clc1c[c-]ccc1.[C-]1=CC=CC1.[CH2]=[Zr]. The maximum absolute atomic E-state index is 5.51. The van der Waals surface area contributed by atoms with Crippen LogP contribution in [0, 0.1) is 45.0 Å². The Bertz CT molecular complexity index is 1410. The summed E-state index contributed by atoms with van der Waals surface area (Å²) < 4.78 is 3.34. The van der Waals surface area contributed by atoms with Gasteiger partial charge in [-0.3, -0.25) is 6.08 Å². The molecule has 2 aliphatic rings. The van der Waals surface area contributed by atoms with Crippen LogP contribution in [0.2, 0.25) is 5.02 Å². The van der Waals surface area contributed by atoms with Crippen LogP contribution < -0.4 is 0 Å². The Hall–Kier alpha value is -2.02. The molecule has 0 saturated carbocycles. The van der Waals surface area contributed by atoms with Crippen LogP contribution in [-0.4, -0.2) is 4.21 Å². The van der Waals surface area contributed by atoms with Gasteiger partial charge in [0.2, 0.25) is 0 Å². The minimum absolute atomic E-state index is 0. The molecule has 0 bridgehead atoms. The van der Waals surface area contributed by atoms with Crippen LogP contribution in [0.5, 0.6) is 0 Å². The summed E-state index contributed by atoms with van der Waals surface area (Å²) in [6.07, 6.45) is 11.0. The minimum atomic E-state index is 0. The molecule has 0 spiro atoms. The Labute approximate surface area is 312 Å². The zero-order valence-corrected chi connectivity index (χ0v) is 33.7. The van der Waals surface area contributed by atoms with Gasteiger partial charge >= 0.3 is 28.4 Å². The predicted molar refractivity (Wildman–Crippen MR) is 204 cm³/mol. The first-order valence-electron chi connectivity index (χ1n) is 15.1. The fourth-order valence-electron chi connectivity index (χ4n) is 5.20. The van der Waals surface area contributed by atoms with E-state index in [1.165, 1.54) is 74.3 Å². The Morgan fingerprint density at radius 1 is 0.783 bits per heavy atom. The summed E-state index contributed by atoms with van der Waals surface area (Å²) >= 11 is 6.81. The van der Waals surface area contributed by atoms with E-state index in [1.54, 1.807) is 6.07 Å². The number of fused-ring (bicyclic) bond motifs is 3. The summed E-state index contributed by atoms with van der Waals surface area (Å²) in [6, 6.07) is 31.8. The first kappa shape index (κ1) is 44.0. The van der Waals surface area contributed by atoms with E-state index in [0.717, 1.165) is 17.9 Å². The van der Waals surface area contributed by atoms with Gasteiger partial charge in [-0.1, -0.05) is 83.5 Å². The van der Waals surface area contributed by atoms with E-state index in [4.69, 9.17) is 11.6 Å². The standard InChI is InChI=1S/C23H29.C7H7.C6H4Cl.C5H5.CH2.2ClH.Zr/c1-14-9-16-11-17-10-15(2)21(23(6,7)8)13-19(17)18(16)12-20(14)22(3,4)5;1-7-5-3-2-4-6-7;7-6-4-2-1-3-5-6;1-2-4-5-3-1;;;;/h9,12-13H,11H2,1-8H3;3-6H,1H3;1-2,4-5H;1-3H,4H2;1H2;2*1H;/q4*-1;;;;. The van der Waals surface area contributed by atoms with E-state index >= 15 is 0 Å². The van der Waals surface area contributed by atoms with Crippen LogP contribution >= 0.6 is 36.4 Å². The van der Waals surface area contributed by atoms with Gasteiger partial charge in [-0.25, -0.2) is 12.2 Å². The van der Waals surface area contributed by atoms with Crippen molar-refractivity contribution in [3.63, 3.8) is 0 Å². The van der Waals surface area contributed by atoms with Crippen LogP contribution in [0.15, 0.2) is 85.0 Å². The topological polar surface area (TPSA) is 0 Å². The van der Waals surface area contributed by atoms with Crippen LogP contribution in [-0.2, 0) is 41.5 Å². The van der Waals surface area contributed by atoms with Gasteiger partial charge in [0.15, 0.2) is 0 Å². The second-order valence-corrected chi connectivity index (χ2v) is 13.4. The van der Waals surface area contributed by atoms with Crippen LogP contribution in [0.3, 0.4) is 0 Å². The molecule has 0 aliphatic heterocycles. The molecular formula is C42H49Cl3Zr-4. The van der Waals surface area contributed by atoms with E-state index < -0.39 is 0 Å². The molecule has 0 amide bonds. The summed E-state index contributed by atoms with van der Waals surface area (Å²) in [4.78, 5) is 0. The summed E-state index contributed by atoms with van der Waals surface area (Å²) in [5.74, 6) is 0. The van der Waals surface area contributed by atoms with E-state index in [9.17, 15) is 0 Å². The molecule has 4 aromatic rings. The molecular weight excluding hydrogens is 702 g/mol. The summed E-state index contributed by atoms with van der Waals surface area (Å²) in [5, 5.41) is 0.738. The number of rotatable bonds is 0. The number of halogens is 3. The monoisotopic (exact) mass is 748 g/mol. The van der Waals surface area contributed by atoms with Crippen molar-refractivity contribution in [1.29, 1.82) is 0 Å². The molecule has 246 valence electrons. The Morgan fingerprint density at radius 2 is 1.39 bits per heavy atom. The molecule has 0 atom stereocenters. The van der Waals surface area contributed by atoms with Crippen molar-refractivity contribution >= 4 is 40.6 Å². The van der Waals surface area contributed by atoms with Gasteiger partial charge in [0.05, 0.1) is 0 Å². The van der Waals surface area contributed by atoms with Crippen molar-refractivity contribution < 1.29 is 24.2 Å². The van der Waals surface area contributed by atoms with Crippen LogP contribution in [0.25, 0.3) is 11.1 Å². The zero-order chi connectivity index (χ0) is 32.9. The summed E-state index contributed by atoms with van der Waals surface area (Å²) in [7, 11) is 0. The Morgan fingerprint density at radius 3 is 1.78 bits per heavy atom. The van der Waals surface area contributed by atoms with Gasteiger partial charge in [0, 0.05) is 0 Å². The number of hydrogen-bond donors (Lipinski definition) is 0. The van der Waals surface area contributed by atoms with Crippen LogP contribution in [0.4, 0.5) is 0 Å². The average Bonchev–Trinajstić information content (AvgIpc) is 3.65. The Balaban J connectivity index is 0.000000716. The maximum atomic E-state index is 5.51. The van der Waals surface area contributed by atoms with Gasteiger partial charge < -0.3 is 0 Å². The van der Waals surface area contributed by atoms with Crippen LogP contribution in [0.1, 0.15) is 86.9 Å². The molecule has 6 rings (SSSR count). The molecule has 0 saturated heterocycles. The van der Waals surface area contributed by atoms with Crippen molar-refractivity contribution in [3.8, 4) is 11.1 Å². The second-order valence-electron chi connectivity index (χ2n) is 13.0. The van der Waals surface area contributed by atoms with Gasteiger partial charge in [-0.15, -0.1) is 47.9 Å². The molecule has 0 heterocycles. The van der Waals surface area contributed by atoms with Gasteiger partial charge in [-0.2, -0.15) is 102 Å². The molecule has 0 nitrogen and oxygen atoms in total. The fraction of sp³-hybridized carbons (Fsp3) is 0.310. The molecule has 0 unspecified atom stereocenters. The Kier molecular flexibility index (Phi) is 20.1. The average molecular weight is 751 g/mol. The molecule has 0 aromatic heterocycles. The van der Waals surface area contributed by atoms with Crippen molar-refractivity contribution in [2.24, 2.45) is 0 Å². The van der Waals surface area contributed by atoms with Gasteiger partial charge in [0.25, 0.3) is 0 Å². The fourth-order valence-corrected chi connectivity index (χ4v) is 5.34. The number of hydrogen-bond acceptors (Lipinski definition) is 0. The third-order valence-electron chi connectivity index (χ3n) is 7.22. The third-order valence-corrected chi connectivity index (χ3v) is 7.45. The molecule has 46 heavy (non-hydrogen) atoms. The van der Waals surface area contributed by atoms with Crippen molar-refractivity contribution in [2.75, 3.05) is 0 Å². The number of allylic oxidation sites excluding steroid dienone is 4. The van der Waals surface area contributed by atoms with Crippen molar-refractivity contribution in [1.82, 2.24) is 0 Å². The number of aryl methyl sites for hydroxylation is 3. The van der Waals surface area contributed by atoms with Crippen molar-refractivity contribution in [3.05, 3.63) is 153 Å².